The second-order valence-corrected chi connectivity index (χ2v) is 10.2. The van der Waals surface area contributed by atoms with Gasteiger partial charge in [0, 0.05) is 32.6 Å². The van der Waals surface area contributed by atoms with Crippen molar-refractivity contribution >= 4 is 15.9 Å². The first-order valence-corrected chi connectivity index (χ1v) is 10.6. The van der Waals surface area contributed by atoms with Crippen LogP contribution in [0.1, 0.15) is 38.3 Å². The third-order valence-corrected chi connectivity index (χ3v) is 6.73. The molecule has 0 atom stereocenters. The maximum atomic E-state index is 12.9. The second kappa shape index (κ2) is 7.29. The first-order chi connectivity index (χ1) is 12.2. The number of hydrogen-bond acceptors (Lipinski definition) is 4. The highest BCUT2D eigenvalue weighted by molar-refractivity contribution is 7.89. The maximum Gasteiger partial charge on any atom is 0.243 e. The number of sulfonamides is 1. The van der Waals surface area contributed by atoms with E-state index in [-0.39, 0.29) is 11.3 Å². The van der Waals surface area contributed by atoms with Crippen LogP contribution in [0.3, 0.4) is 0 Å². The van der Waals surface area contributed by atoms with Crippen molar-refractivity contribution < 1.29 is 17.9 Å². The number of fused-ring (bicyclic) bond motifs is 1. The molecule has 1 amide bonds. The largest absolute Gasteiger partial charge is 0.379 e. The fourth-order valence-corrected chi connectivity index (χ4v) is 4.87. The van der Waals surface area contributed by atoms with Crippen molar-refractivity contribution in [3.8, 4) is 0 Å². The van der Waals surface area contributed by atoms with Crippen molar-refractivity contribution in [2.75, 3.05) is 32.8 Å². The van der Waals surface area contributed by atoms with Crippen molar-refractivity contribution in [3.63, 3.8) is 0 Å². The maximum absolute atomic E-state index is 12.9. The molecule has 0 aromatic heterocycles. The number of carbonyl (C=O) groups is 1. The summed E-state index contributed by atoms with van der Waals surface area (Å²) in [6, 6.07) is 5.33. The molecule has 6 nitrogen and oxygen atoms in total. The van der Waals surface area contributed by atoms with Gasteiger partial charge in [0.25, 0.3) is 0 Å². The SMILES string of the molecule is CC(C)(C)CC(=O)N1CCc2ccc(S(=O)(=O)N3CCOCC3)cc2C1. The van der Waals surface area contributed by atoms with E-state index in [9.17, 15) is 13.2 Å². The number of morpholine rings is 1. The average molecular weight is 381 g/mol. The van der Waals surface area contributed by atoms with Gasteiger partial charge in [0.05, 0.1) is 18.1 Å². The van der Waals surface area contributed by atoms with Gasteiger partial charge in [0.1, 0.15) is 0 Å². The molecule has 0 N–H and O–H groups in total. The number of hydrogen-bond donors (Lipinski definition) is 0. The molecule has 7 heteroatoms. The Labute approximate surface area is 156 Å². The molecule has 2 aliphatic heterocycles. The van der Waals surface area contributed by atoms with Crippen LogP contribution >= 0.6 is 0 Å². The fourth-order valence-electron chi connectivity index (χ4n) is 3.41. The minimum Gasteiger partial charge on any atom is -0.379 e. The molecule has 26 heavy (non-hydrogen) atoms. The summed E-state index contributed by atoms with van der Waals surface area (Å²) in [7, 11) is -3.51. The van der Waals surface area contributed by atoms with Gasteiger partial charge < -0.3 is 9.64 Å². The van der Waals surface area contributed by atoms with Gasteiger partial charge in [-0.1, -0.05) is 26.8 Å². The van der Waals surface area contributed by atoms with Crippen LogP contribution in [0.5, 0.6) is 0 Å². The van der Waals surface area contributed by atoms with E-state index in [1.807, 2.05) is 11.0 Å². The molecule has 2 aliphatic rings. The second-order valence-electron chi connectivity index (χ2n) is 8.25. The van der Waals surface area contributed by atoms with Crippen LogP contribution in [0.15, 0.2) is 23.1 Å². The predicted octanol–water partition coefficient (Wildman–Crippen LogP) is 2.03. The van der Waals surface area contributed by atoms with Gasteiger partial charge in [-0.05, 0) is 35.1 Å². The van der Waals surface area contributed by atoms with E-state index in [4.69, 9.17) is 4.74 Å². The predicted molar refractivity (Wildman–Crippen MR) is 99.2 cm³/mol. The van der Waals surface area contributed by atoms with E-state index in [0.29, 0.717) is 50.7 Å². The zero-order valence-electron chi connectivity index (χ0n) is 15.8. The Hall–Kier alpha value is -1.44. The third-order valence-electron chi connectivity index (χ3n) is 4.83. The van der Waals surface area contributed by atoms with Gasteiger partial charge in [-0.15, -0.1) is 0 Å². The van der Waals surface area contributed by atoms with Gasteiger partial charge in [-0.3, -0.25) is 4.79 Å². The summed E-state index contributed by atoms with van der Waals surface area (Å²) < 4.78 is 32.5. The number of benzene rings is 1. The molecular weight excluding hydrogens is 352 g/mol. The van der Waals surface area contributed by atoms with E-state index in [1.54, 1.807) is 12.1 Å². The Bertz CT molecular complexity index is 777. The first kappa shape index (κ1) is 19.3. The highest BCUT2D eigenvalue weighted by Crippen LogP contribution is 2.27. The lowest BCUT2D eigenvalue weighted by Crippen LogP contribution is -2.41. The number of nitrogens with zero attached hydrogens (tertiary/aromatic N) is 2. The Morgan fingerprint density at radius 1 is 1.12 bits per heavy atom. The van der Waals surface area contributed by atoms with Crippen molar-refractivity contribution in [1.82, 2.24) is 9.21 Å². The summed E-state index contributed by atoms with van der Waals surface area (Å²) in [6.45, 7) is 8.96. The Morgan fingerprint density at radius 2 is 1.81 bits per heavy atom. The Balaban J connectivity index is 1.80. The molecule has 0 unspecified atom stereocenters. The first-order valence-electron chi connectivity index (χ1n) is 9.14. The molecule has 3 rings (SSSR count). The van der Waals surface area contributed by atoms with Gasteiger partial charge in [-0.25, -0.2) is 8.42 Å². The molecule has 0 aliphatic carbocycles. The monoisotopic (exact) mass is 380 g/mol. The van der Waals surface area contributed by atoms with Crippen molar-refractivity contribution in [2.24, 2.45) is 5.41 Å². The van der Waals surface area contributed by atoms with Crippen LogP contribution in [-0.2, 0) is 32.5 Å². The summed E-state index contributed by atoms with van der Waals surface area (Å²) in [5.74, 6) is 0.129. The minimum atomic E-state index is -3.51. The van der Waals surface area contributed by atoms with Gasteiger partial charge in [-0.2, -0.15) is 4.31 Å². The van der Waals surface area contributed by atoms with Crippen molar-refractivity contribution in [2.45, 2.75) is 45.1 Å². The number of ether oxygens (including phenoxy) is 1. The van der Waals surface area contributed by atoms with E-state index in [1.165, 1.54) is 4.31 Å². The molecule has 0 spiro atoms. The van der Waals surface area contributed by atoms with Gasteiger partial charge in [0.15, 0.2) is 0 Å². The van der Waals surface area contributed by atoms with Crippen LogP contribution in [0.4, 0.5) is 0 Å². The topological polar surface area (TPSA) is 66.9 Å². The number of amides is 1. The summed E-state index contributed by atoms with van der Waals surface area (Å²) in [5.41, 5.74) is 2.01. The Morgan fingerprint density at radius 3 is 2.46 bits per heavy atom. The highest BCUT2D eigenvalue weighted by Gasteiger charge is 2.29. The molecule has 1 fully saturated rings. The van der Waals surface area contributed by atoms with E-state index < -0.39 is 10.0 Å². The van der Waals surface area contributed by atoms with Gasteiger partial charge >= 0.3 is 0 Å². The van der Waals surface area contributed by atoms with Crippen LogP contribution in [0.2, 0.25) is 0 Å². The summed E-state index contributed by atoms with van der Waals surface area (Å²) in [5, 5.41) is 0. The third kappa shape index (κ3) is 4.27. The smallest absolute Gasteiger partial charge is 0.243 e. The molecule has 2 heterocycles. The average Bonchev–Trinajstić information content (AvgIpc) is 2.60. The van der Waals surface area contributed by atoms with Crippen LogP contribution in [0, 0.1) is 5.41 Å². The zero-order valence-corrected chi connectivity index (χ0v) is 16.6. The standard InChI is InChI=1S/C19H28N2O4S/c1-19(2,3)13-18(22)20-7-6-15-4-5-17(12-16(15)14-20)26(23,24)21-8-10-25-11-9-21/h4-5,12H,6-11,13-14H2,1-3H3. The van der Waals surface area contributed by atoms with Crippen LogP contribution in [-0.4, -0.2) is 56.4 Å². The lowest BCUT2D eigenvalue weighted by molar-refractivity contribution is -0.134. The normalized spacial score (nSPS) is 19.3. The molecular formula is C19H28N2O4S. The lowest BCUT2D eigenvalue weighted by Gasteiger charge is -2.32. The molecule has 1 aromatic rings. The molecule has 0 bridgehead atoms. The molecule has 1 aromatic carbocycles. The Kier molecular flexibility index (Phi) is 5.42. The van der Waals surface area contributed by atoms with Crippen LogP contribution < -0.4 is 0 Å². The van der Waals surface area contributed by atoms with Crippen molar-refractivity contribution in [1.29, 1.82) is 0 Å². The quantitative estimate of drug-likeness (QED) is 0.805. The van der Waals surface area contributed by atoms with E-state index >= 15 is 0 Å². The summed E-state index contributed by atoms with van der Waals surface area (Å²) in [4.78, 5) is 14.7. The lowest BCUT2D eigenvalue weighted by atomic mass is 9.91. The summed E-state index contributed by atoms with van der Waals surface area (Å²) >= 11 is 0. The summed E-state index contributed by atoms with van der Waals surface area (Å²) in [6.07, 6.45) is 1.26. The van der Waals surface area contributed by atoms with E-state index in [2.05, 4.69) is 20.8 Å². The molecule has 0 saturated carbocycles. The highest BCUT2D eigenvalue weighted by atomic mass is 32.2. The minimum absolute atomic E-state index is 0.0567. The fraction of sp³-hybridized carbons (Fsp3) is 0.632. The van der Waals surface area contributed by atoms with Gasteiger partial charge in [0.2, 0.25) is 15.9 Å². The van der Waals surface area contributed by atoms with Crippen molar-refractivity contribution in [3.05, 3.63) is 29.3 Å². The molecule has 0 radical (unpaired) electrons. The molecule has 144 valence electrons. The zero-order chi connectivity index (χ0) is 18.9. The molecule has 1 saturated heterocycles. The van der Waals surface area contributed by atoms with E-state index in [0.717, 1.165) is 17.5 Å². The van der Waals surface area contributed by atoms with Crippen LogP contribution in [0.25, 0.3) is 0 Å². The number of carbonyl (C=O) groups excluding carboxylic acids is 1. The number of rotatable bonds is 3.